The van der Waals surface area contributed by atoms with Crippen molar-refractivity contribution < 1.29 is 0 Å². The Morgan fingerprint density at radius 1 is 0.789 bits per heavy atom. The van der Waals surface area contributed by atoms with Crippen molar-refractivity contribution in [1.29, 1.82) is 0 Å². The minimum absolute atomic E-state index is 0.826. The lowest BCUT2D eigenvalue weighted by molar-refractivity contribution is 0.326. The van der Waals surface area contributed by atoms with E-state index in [1.807, 2.05) is 0 Å². The summed E-state index contributed by atoms with van der Waals surface area (Å²) < 4.78 is 0. The molecule has 1 fully saturated rings. The van der Waals surface area contributed by atoms with E-state index in [9.17, 15) is 0 Å². The fourth-order valence-corrected chi connectivity index (χ4v) is 3.06. The quantitative estimate of drug-likeness (QED) is 0.640. The zero-order valence-corrected chi connectivity index (χ0v) is 11.0. The first-order valence-electron chi connectivity index (χ1n) is 7.17. The summed E-state index contributed by atoms with van der Waals surface area (Å²) in [5.74, 6) is 0.826. The van der Waals surface area contributed by atoms with Crippen molar-refractivity contribution in [2.45, 2.75) is 19.3 Å². The van der Waals surface area contributed by atoms with Crippen LogP contribution in [0, 0.1) is 5.92 Å². The number of aliphatic imine (C=N–C) groups is 1. The predicted octanol–water partition coefficient (Wildman–Crippen LogP) is 4.30. The molecule has 0 bridgehead atoms. The third-order valence-corrected chi connectivity index (χ3v) is 4.39. The van der Waals surface area contributed by atoms with Crippen molar-refractivity contribution in [3.63, 3.8) is 0 Å². The predicted molar refractivity (Wildman–Crippen MR) is 79.7 cm³/mol. The molecular formula is C18H17N. The van der Waals surface area contributed by atoms with E-state index in [2.05, 4.69) is 48.5 Å². The Bertz CT molecular complexity index is 603. The van der Waals surface area contributed by atoms with Crippen LogP contribution in [0.15, 0.2) is 53.5 Å². The molecule has 0 saturated heterocycles. The van der Waals surface area contributed by atoms with E-state index in [1.54, 1.807) is 0 Å². The maximum atomic E-state index is 4.94. The van der Waals surface area contributed by atoms with Crippen LogP contribution in [-0.2, 0) is 0 Å². The second-order valence-corrected chi connectivity index (χ2v) is 5.58. The Kier molecular flexibility index (Phi) is 2.51. The van der Waals surface area contributed by atoms with Crippen molar-refractivity contribution in [3.8, 4) is 11.1 Å². The monoisotopic (exact) mass is 247 g/mol. The third-order valence-electron chi connectivity index (χ3n) is 4.39. The molecule has 0 amide bonds. The van der Waals surface area contributed by atoms with Gasteiger partial charge in [-0.05, 0) is 29.9 Å². The molecule has 1 heteroatoms. The van der Waals surface area contributed by atoms with Gasteiger partial charge in [-0.3, -0.25) is 4.99 Å². The van der Waals surface area contributed by atoms with E-state index < -0.39 is 0 Å². The minimum atomic E-state index is 0.826. The van der Waals surface area contributed by atoms with E-state index in [0.717, 1.165) is 12.5 Å². The summed E-state index contributed by atoms with van der Waals surface area (Å²) >= 11 is 0. The van der Waals surface area contributed by atoms with Crippen LogP contribution in [0.1, 0.15) is 30.4 Å². The molecule has 0 radical (unpaired) electrons. The number of rotatable bonds is 2. The van der Waals surface area contributed by atoms with E-state index in [0.29, 0.717) is 0 Å². The maximum Gasteiger partial charge on any atom is 0.0731 e. The molecule has 2 aliphatic carbocycles. The van der Waals surface area contributed by atoms with Gasteiger partial charge in [-0.1, -0.05) is 55.0 Å². The van der Waals surface area contributed by atoms with Gasteiger partial charge in [0, 0.05) is 17.7 Å². The van der Waals surface area contributed by atoms with Crippen LogP contribution in [0.2, 0.25) is 0 Å². The van der Waals surface area contributed by atoms with E-state index in [1.165, 1.54) is 47.2 Å². The largest absolute Gasteiger partial charge is 0.284 e. The average Bonchev–Trinajstić information content (AvgIpc) is 2.72. The van der Waals surface area contributed by atoms with Crippen LogP contribution in [0.4, 0.5) is 0 Å². The first-order chi connectivity index (χ1) is 9.43. The first-order valence-corrected chi connectivity index (χ1v) is 7.17. The molecule has 2 aromatic rings. The van der Waals surface area contributed by atoms with Gasteiger partial charge in [0.2, 0.25) is 0 Å². The smallest absolute Gasteiger partial charge is 0.0731 e. The molecule has 0 heterocycles. The van der Waals surface area contributed by atoms with Crippen molar-refractivity contribution in [2.75, 3.05) is 6.54 Å². The van der Waals surface area contributed by atoms with Crippen molar-refractivity contribution in [1.82, 2.24) is 0 Å². The Morgan fingerprint density at radius 2 is 1.32 bits per heavy atom. The Morgan fingerprint density at radius 3 is 1.79 bits per heavy atom. The molecular weight excluding hydrogens is 230 g/mol. The van der Waals surface area contributed by atoms with Crippen LogP contribution >= 0.6 is 0 Å². The van der Waals surface area contributed by atoms with E-state index >= 15 is 0 Å². The molecule has 4 rings (SSSR count). The minimum Gasteiger partial charge on any atom is -0.284 e. The van der Waals surface area contributed by atoms with Gasteiger partial charge in [-0.25, -0.2) is 0 Å². The molecule has 0 spiro atoms. The number of nitrogens with zero attached hydrogens (tertiary/aromatic N) is 1. The van der Waals surface area contributed by atoms with Gasteiger partial charge in [0.25, 0.3) is 0 Å². The lowest BCUT2D eigenvalue weighted by atomic mass is 9.85. The summed E-state index contributed by atoms with van der Waals surface area (Å²) in [7, 11) is 0. The average molecular weight is 247 g/mol. The lowest BCUT2D eigenvalue weighted by Gasteiger charge is -2.23. The maximum absolute atomic E-state index is 4.94. The van der Waals surface area contributed by atoms with Crippen LogP contribution in [0.3, 0.4) is 0 Å². The molecule has 0 unspecified atom stereocenters. The van der Waals surface area contributed by atoms with Gasteiger partial charge in [-0.2, -0.15) is 0 Å². The fourth-order valence-electron chi connectivity index (χ4n) is 3.06. The number of fused-ring (bicyclic) bond motifs is 3. The van der Waals surface area contributed by atoms with Gasteiger partial charge in [0.15, 0.2) is 0 Å². The zero-order chi connectivity index (χ0) is 12.7. The molecule has 2 aliphatic rings. The fraction of sp³-hybridized carbons (Fsp3) is 0.278. The summed E-state index contributed by atoms with van der Waals surface area (Å²) in [5.41, 5.74) is 6.50. The SMILES string of the molecule is c1ccc2c(c1)C(=NCC1CCC1)c1ccccc1-2. The highest BCUT2D eigenvalue weighted by Crippen LogP contribution is 2.37. The highest BCUT2D eigenvalue weighted by Gasteiger charge is 2.24. The van der Waals surface area contributed by atoms with Gasteiger partial charge in [0.05, 0.1) is 5.71 Å². The summed E-state index contributed by atoms with van der Waals surface area (Å²) in [6.45, 7) is 0.998. The van der Waals surface area contributed by atoms with Gasteiger partial charge >= 0.3 is 0 Å². The molecule has 2 aromatic carbocycles. The van der Waals surface area contributed by atoms with Crippen LogP contribution in [0.5, 0.6) is 0 Å². The molecule has 0 aromatic heterocycles. The lowest BCUT2D eigenvalue weighted by Crippen LogP contribution is -2.15. The zero-order valence-electron chi connectivity index (χ0n) is 11.0. The van der Waals surface area contributed by atoms with Crippen molar-refractivity contribution >= 4 is 5.71 Å². The molecule has 0 aliphatic heterocycles. The molecule has 19 heavy (non-hydrogen) atoms. The standard InChI is InChI=1S/C18H17N/c1-3-10-16-14(8-1)15-9-2-4-11-17(15)18(16)19-12-13-6-5-7-13/h1-4,8-11,13H,5-7,12H2. The molecule has 1 saturated carbocycles. The Hall–Kier alpha value is -1.89. The molecule has 0 atom stereocenters. The highest BCUT2D eigenvalue weighted by molar-refractivity contribution is 6.24. The summed E-state index contributed by atoms with van der Waals surface area (Å²) in [6, 6.07) is 17.3. The third kappa shape index (κ3) is 1.73. The van der Waals surface area contributed by atoms with Gasteiger partial charge in [-0.15, -0.1) is 0 Å². The molecule has 94 valence electrons. The topological polar surface area (TPSA) is 12.4 Å². The Labute approximate surface area is 114 Å². The highest BCUT2D eigenvalue weighted by atomic mass is 14.8. The number of hydrogen-bond acceptors (Lipinski definition) is 1. The second-order valence-electron chi connectivity index (χ2n) is 5.58. The van der Waals surface area contributed by atoms with E-state index in [4.69, 9.17) is 4.99 Å². The Balaban J connectivity index is 1.81. The van der Waals surface area contributed by atoms with Crippen LogP contribution in [0.25, 0.3) is 11.1 Å². The van der Waals surface area contributed by atoms with Crippen molar-refractivity contribution in [3.05, 3.63) is 59.7 Å². The van der Waals surface area contributed by atoms with Crippen molar-refractivity contribution in [2.24, 2.45) is 10.9 Å². The second kappa shape index (κ2) is 4.34. The normalized spacial score (nSPS) is 16.7. The first kappa shape index (κ1) is 11.0. The molecule has 0 N–H and O–H groups in total. The summed E-state index contributed by atoms with van der Waals surface area (Å²) in [5, 5.41) is 0. The number of benzene rings is 2. The summed E-state index contributed by atoms with van der Waals surface area (Å²) in [4.78, 5) is 4.94. The van der Waals surface area contributed by atoms with Crippen LogP contribution < -0.4 is 0 Å². The number of hydrogen-bond donors (Lipinski definition) is 0. The summed E-state index contributed by atoms with van der Waals surface area (Å²) in [6.07, 6.45) is 4.11. The van der Waals surface area contributed by atoms with Crippen LogP contribution in [-0.4, -0.2) is 12.3 Å². The van der Waals surface area contributed by atoms with Gasteiger partial charge in [0.1, 0.15) is 0 Å². The van der Waals surface area contributed by atoms with E-state index in [-0.39, 0.29) is 0 Å². The van der Waals surface area contributed by atoms with Gasteiger partial charge < -0.3 is 0 Å². The molecule has 1 nitrogen and oxygen atoms in total.